The predicted octanol–water partition coefficient (Wildman–Crippen LogP) is 4.31. The fourth-order valence-corrected chi connectivity index (χ4v) is 3.03. The first-order chi connectivity index (χ1) is 12.2. The van der Waals surface area contributed by atoms with Crippen molar-refractivity contribution < 1.29 is 9.50 Å². The van der Waals surface area contributed by atoms with E-state index in [1.807, 2.05) is 59.2 Å². The number of aliphatic hydroxyl groups excluding tert-OH is 1. The average Bonchev–Trinajstić information content (AvgIpc) is 3.02. The van der Waals surface area contributed by atoms with E-state index in [1.165, 1.54) is 12.1 Å². The normalized spacial score (nSPS) is 12.4. The van der Waals surface area contributed by atoms with E-state index in [0.717, 1.165) is 22.2 Å². The first kappa shape index (κ1) is 15.5. The van der Waals surface area contributed by atoms with Gasteiger partial charge in [0.25, 0.3) is 0 Å². The van der Waals surface area contributed by atoms with Gasteiger partial charge in [0.05, 0.1) is 11.0 Å². The van der Waals surface area contributed by atoms with Crippen LogP contribution in [0.15, 0.2) is 78.9 Å². The van der Waals surface area contributed by atoms with Crippen molar-refractivity contribution in [1.82, 2.24) is 9.55 Å². The van der Waals surface area contributed by atoms with Crippen molar-refractivity contribution in [2.75, 3.05) is 0 Å². The summed E-state index contributed by atoms with van der Waals surface area (Å²) in [5, 5.41) is 10.9. The molecule has 0 saturated carbocycles. The lowest BCUT2D eigenvalue weighted by Gasteiger charge is -2.14. The quantitative estimate of drug-likeness (QED) is 0.605. The first-order valence-corrected chi connectivity index (χ1v) is 8.15. The van der Waals surface area contributed by atoms with Crippen molar-refractivity contribution in [3.8, 4) is 0 Å². The monoisotopic (exact) mass is 332 g/mol. The molecule has 3 aromatic carbocycles. The first-order valence-electron chi connectivity index (χ1n) is 8.15. The summed E-state index contributed by atoms with van der Waals surface area (Å²) in [4.78, 5) is 4.64. The summed E-state index contributed by atoms with van der Waals surface area (Å²) in [7, 11) is 0. The maximum atomic E-state index is 13.2. The van der Waals surface area contributed by atoms with Crippen LogP contribution in [0.2, 0.25) is 0 Å². The van der Waals surface area contributed by atoms with Gasteiger partial charge >= 0.3 is 0 Å². The van der Waals surface area contributed by atoms with Gasteiger partial charge in [-0.15, -0.1) is 0 Å². The topological polar surface area (TPSA) is 38.1 Å². The Labute approximate surface area is 145 Å². The predicted molar refractivity (Wildman–Crippen MR) is 95.7 cm³/mol. The van der Waals surface area contributed by atoms with E-state index in [4.69, 9.17) is 0 Å². The molecular weight excluding hydrogens is 315 g/mol. The molecular formula is C21H17FN2O. The van der Waals surface area contributed by atoms with Gasteiger partial charge in [0, 0.05) is 6.54 Å². The van der Waals surface area contributed by atoms with Gasteiger partial charge < -0.3 is 9.67 Å². The van der Waals surface area contributed by atoms with Gasteiger partial charge in [-0.25, -0.2) is 9.37 Å². The van der Waals surface area contributed by atoms with Crippen LogP contribution >= 0.6 is 0 Å². The summed E-state index contributed by atoms with van der Waals surface area (Å²) < 4.78 is 15.2. The molecule has 0 aliphatic rings. The molecule has 3 nitrogen and oxygen atoms in total. The minimum Gasteiger partial charge on any atom is -0.380 e. The Bertz CT molecular complexity index is 994. The lowest BCUT2D eigenvalue weighted by Crippen LogP contribution is -2.11. The Morgan fingerprint density at radius 2 is 1.56 bits per heavy atom. The van der Waals surface area contributed by atoms with E-state index < -0.39 is 6.10 Å². The summed E-state index contributed by atoms with van der Waals surface area (Å²) in [6, 6.07) is 23.6. The number of aromatic nitrogens is 2. The number of halogens is 1. The summed E-state index contributed by atoms with van der Waals surface area (Å²) in [5.74, 6) is 0.320. The van der Waals surface area contributed by atoms with Gasteiger partial charge in [-0.3, -0.25) is 0 Å². The maximum absolute atomic E-state index is 13.2. The minimum absolute atomic E-state index is 0.260. The number of imidazole rings is 1. The minimum atomic E-state index is -0.825. The molecule has 0 aliphatic heterocycles. The number of rotatable bonds is 4. The van der Waals surface area contributed by atoms with Gasteiger partial charge in [-0.1, -0.05) is 54.6 Å². The molecule has 1 aromatic heterocycles. The van der Waals surface area contributed by atoms with Crippen molar-refractivity contribution in [2.24, 2.45) is 0 Å². The largest absolute Gasteiger partial charge is 0.380 e. The summed E-state index contributed by atoms with van der Waals surface area (Å²) in [5.41, 5.74) is 3.51. The SMILES string of the molecule is OC(c1ccccc1)c1nc2ccccc2n1Cc1ccc(F)cc1. The number of fused-ring (bicyclic) bond motifs is 1. The second-order valence-corrected chi connectivity index (χ2v) is 5.98. The molecule has 0 amide bonds. The van der Waals surface area contributed by atoms with Crippen LogP contribution in [-0.2, 0) is 6.54 Å². The van der Waals surface area contributed by atoms with Crippen molar-refractivity contribution >= 4 is 11.0 Å². The van der Waals surface area contributed by atoms with Crippen LogP contribution in [0.25, 0.3) is 11.0 Å². The molecule has 1 atom stereocenters. The molecule has 1 unspecified atom stereocenters. The van der Waals surface area contributed by atoms with Gasteiger partial charge in [-0.2, -0.15) is 0 Å². The van der Waals surface area contributed by atoms with Crippen LogP contribution in [0.4, 0.5) is 4.39 Å². The second-order valence-electron chi connectivity index (χ2n) is 5.98. The highest BCUT2D eigenvalue weighted by Gasteiger charge is 2.19. The molecule has 4 aromatic rings. The highest BCUT2D eigenvalue weighted by molar-refractivity contribution is 5.76. The molecule has 0 spiro atoms. The van der Waals surface area contributed by atoms with Gasteiger partial charge in [0.1, 0.15) is 17.7 Å². The average molecular weight is 332 g/mol. The van der Waals surface area contributed by atoms with Crippen LogP contribution < -0.4 is 0 Å². The zero-order chi connectivity index (χ0) is 17.2. The summed E-state index contributed by atoms with van der Waals surface area (Å²) in [6.07, 6.45) is -0.825. The van der Waals surface area contributed by atoms with E-state index >= 15 is 0 Å². The number of aliphatic hydroxyl groups is 1. The van der Waals surface area contributed by atoms with E-state index in [9.17, 15) is 9.50 Å². The van der Waals surface area contributed by atoms with E-state index in [-0.39, 0.29) is 5.82 Å². The molecule has 0 aliphatic carbocycles. The number of para-hydroxylation sites is 2. The zero-order valence-corrected chi connectivity index (χ0v) is 13.5. The van der Waals surface area contributed by atoms with Crippen LogP contribution in [-0.4, -0.2) is 14.7 Å². The molecule has 0 saturated heterocycles. The van der Waals surface area contributed by atoms with Crippen LogP contribution in [0.1, 0.15) is 23.1 Å². The van der Waals surface area contributed by atoms with E-state index in [0.29, 0.717) is 12.4 Å². The molecule has 4 heteroatoms. The number of benzene rings is 3. The van der Waals surface area contributed by atoms with Gasteiger partial charge in [0.15, 0.2) is 0 Å². The Hall–Kier alpha value is -2.98. The summed E-state index contributed by atoms with van der Waals surface area (Å²) >= 11 is 0. The third-order valence-corrected chi connectivity index (χ3v) is 4.30. The maximum Gasteiger partial charge on any atom is 0.143 e. The molecule has 0 radical (unpaired) electrons. The zero-order valence-electron chi connectivity index (χ0n) is 13.5. The molecule has 1 heterocycles. The standard InChI is InChI=1S/C21H17FN2O/c22-17-12-10-15(11-13-17)14-24-19-9-5-4-8-18(19)23-21(24)20(25)16-6-2-1-3-7-16/h1-13,20,25H,14H2. The third kappa shape index (κ3) is 3.04. The Morgan fingerprint density at radius 3 is 2.32 bits per heavy atom. The Morgan fingerprint density at radius 1 is 0.880 bits per heavy atom. The van der Waals surface area contributed by atoms with Gasteiger partial charge in [-0.05, 0) is 35.4 Å². The lowest BCUT2D eigenvalue weighted by molar-refractivity contribution is 0.206. The third-order valence-electron chi connectivity index (χ3n) is 4.30. The molecule has 1 N–H and O–H groups in total. The highest BCUT2D eigenvalue weighted by atomic mass is 19.1. The van der Waals surface area contributed by atoms with Crippen molar-refractivity contribution in [3.05, 3.63) is 102 Å². The smallest absolute Gasteiger partial charge is 0.143 e. The number of nitrogens with zero attached hydrogens (tertiary/aromatic N) is 2. The fraction of sp³-hybridized carbons (Fsp3) is 0.0952. The van der Waals surface area contributed by atoms with Crippen molar-refractivity contribution in [2.45, 2.75) is 12.6 Å². The molecule has 25 heavy (non-hydrogen) atoms. The van der Waals surface area contributed by atoms with Gasteiger partial charge in [0.2, 0.25) is 0 Å². The van der Waals surface area contributed by atoms with E-state index in [2.05, 4.69) is 4.98 Å². The molecule has 0 fully saturated rings. The molecule has 124 valence electrons. The van der Waals surface area contributed by atoms with Crippen LogP contribution in [0.5, 0.6) is 0 Å². The van der Waals surface area contributed by atoms with Crippen LogP contribution in [0, 0.1) is 5.82 Å². The second kappa shape index (κ2) is 6.49. The Balaban J connectivity index is 1.82. The summed E-state index contributed by atoms with van der Waals surface area (Å²) in [6.45, 7) is 0.514. The lowest BCUT2D eigenvalue weighted by atomic mass is 10.1. The number of hydrogen-bond acceptors (Lipinski definition) is 2. The van der Waals surface area contributed by atoms with Crippen LogP contribution in [0.3, 0.4) is 0 Å². The molecule has 0 bridgehead atoms. The molecule has 4 rings (SSSR count). The van der Waals surface area contributed by atoms with Crippen molar-refractivity contribution in [3.63, 3.8) is 0 Å². The van der Waals surface area contributed by atoms with Crippen molar-refractivity contribution in [1.29, 1.82) is 0 Å². The highest BCUT2D eigenvalue weighted by Crippen LogP contribution is 2.26. The Kier molecular flexibility index (Phi) is 4.04. The fourth-order valence-electron chi connectivity index (χ4n) is 3.03. The van der Waals surface area contributed by atoms with E-state index in [1.54, 1.807) is 12.1 Å². The number of hydrogen-bond donors (Lipinski definition) is 1.